The molecule has 2 rings (SSSR count). The first-order chi connectivity index (χ1) is 7.89. The van der Waals surface area contributed by atoms with E-state index in [9.17, 15) is 13.5 Å². The maximum Gasteiger partial charge on any atom is 0.150 e. The molecule has 1 aliphatic carbocycles. The van der Waals surface area contributed by atoms with E-state index in [1.54, 1.807) is 0 Å². The van der Waals surface area contributed by atoms with Gasteiger partial charge in [-0.05, 0) is 42.9 Å². The number of sulfone groups is 1. The highest BCUT2D eigenvalue weighted by atomic mass is 32.2. The highest BCUT2D eigenvalue weighted by molar-refractivity contribution is 7.91. The van der Waals surface area contributed by atoms with E-state index in [1.165, 1.54) is 6.42 Å². The van der Waals surface area contributed by atoms with E-state index >= 15 is 0 Å². The normalized spacial score (nSPS) is 43.5. The number of aliphatic hydroxyl groups is 1. The van der Waals surface area contributed by atoms with E-state index in [2.05, 4.69) is 13.8 Å². The second-order valence-electron chi connectivity index (χ2n) is 6.18. The number of aliphatic hydroxyl groups excluding tert-OH is 1. The van der Waals surface area contributed by atoms with E-state index in [-0.39, 0.29) is 17.4 Å². The molecule has 5 atom stereocenters. The fourth-order valence-corrected chi connectivity index (χ4v) is 5.22. The van der Waals surface area contributed by atoms with Gasteiger partial charge < -0.3 is 5.11 Å². The second kappa shape index (κ2) is 4.88. The van der Waals surface area contributed by atoms with Gasteiger partial charge in [0.1, 0.15) is 0 Å². The molecule has 0 amide bonds. The molecular weight excluding hydrogens is 236 g/mol. The van der Waals surface area contributed by atoms with Gasteiger partial charge in [-0.1, -0.05) is 20.3 Å². The number of rotatable bonds is 2. The Balaban J connectivity index is 1.95. The van der Waals surface area contributed by atoms with Crippen LogP contribution in [0.1, 0.15) is 39.5 Å². The van der Waals surface area contributed by atoms with Gasteiger partial charge in [0, 0.05) is 0 Å². The molecule has 1 N–H and O–H groups in total. The molecule has 0 bridgehead atoms. The van der Waals surface area contributed by atoms with Gasteiger partial charge in [-0.25, -0.2) is 8.42 Å². The fourth-order valence-electron chi connectivity index (χ4n) is 3.38. The second-order valence-corrected chi connectivity index (χ2v) is 8.41. The summed E-state index contributed by atoms with van der Waals surface area (Å²) in [6.45, 7) is 4.52. The van der Waals surface area contributed by atoms with Crippen molar-refractivity contribution in [3.05, 3.63) is 0 Å². The fraction of sp³-hybridized carbons (Fsp3) is 1.00. The third-order valence-corrected chi connectivity index (χ3v) is 6.67. The molecule has 0 aromatic heterocycles. The molecule has 0 aromatic carbocycles. The van der Waals surface area contributed by atoms with Crippen molar-refractivity contribution in [1.82, 2.24) is 0 Å². The first-order valence-corrected chi connectivity index (χ1v) is 8.59. The first-order valence-electron chi connectivity index (χ1n) is 6.77. The summed E-state index contributed by atoms with van der Waals surface area (Å²) in [6, 6.07) is 0. The third-order valence-electron chi connectivity index (χ3n) is 4.87. The molecule has 2 aliphatic rings. The topological polar surface area (TPSA) is 54.4 Å². The van der Waals surface area contributed by atoms with Crippen molar-refractivity contribution in [2.45, 2.75) is 45.6 Å². The summed E-state index contributed by atoms with van der Waals surface area (Å²) < 4.78 is 22.9. The van der Waals surface area contributed by atoms with Crippen molar-refractivity contribution >= 4 is 9.84 Å². The van der Waals surface area contributed by atoms with Gasteiger partial charge in [0.15, 0.2) is 9.84 Å². The Morgan fingerprint density at radius 3 is 2.29 bits per heavy atom. The van der Waals surface area contributed by atoms with Crippen LogP contribution in [0.5, 0.6) is 0 Å². The average molecular weight is 260 g/mol. The van der Waals surface area contributed by atoms with Gasteiger partial charge in [0.05, 0.1) is 17.6 Å². The summed E-state index contributed by atoms with van der Waals surface area (Å²) in [5.41, 5.74) is 0. The van der Waals surface area contributed by atoms with Gasteiger partial charge in [0.25, 0.3) is 0 Å². The van der Waals surface area contributed by atoms with E-state index in [0.29, 0.717) is 18.3 Å². The molecule has 0 radical (unpaired) electrons. The number of hydrogen-bond donors (Lipinski definition) is 1. The lowest BCUT2D eigenvalue weighted by Crippen LogP contribution is -2.35. The lowest BCUT2D eigenvalue weighted by molar-refractivity contribution is 0.0218. The minimum Gasteiger partial charge on any atom is -0.393 e. The molecule has 5 unspecified atom stereocenters. The zero-order valence-corrected chi connectivity index (χ0v) is 11.6. The molecule has 1 saturated heterocycles. The summed E-state index contributed by atoms with van der Waals surface area (Å²) in [4.78, 5) is 0. The van der Waals surface area contributed by atoms with Gasteiger partial charge in [-0.3, -0.25) is 0 Å². The van der Waals surface area contributed by atoms with Gasteiger partial charge in [-0.15, -0.1) is 0 Å². The zero-order chi connectivity index (χ0) is 12.6. The van der Waals surface area contributed by atoms with Gasteiger partial charge in [-0.2, -0.15) is 0 Å². The van der Waals surface area contributed by atoms with Crippen molar-refractivity contribution < 1.29 is 13.5 Å². The van der Waals surface area contributed by atoms with Crippen molar-refractivity contribution in [3.8, 4) is 0 Å². The zero-order valence-electron chi connectivity index (χ0n) is 10.8. The third kappa shape index (κ3) is 3.02. The Bertz CT molecular complexity index is 363. The van der Waals surface area contributed by atoms with E-state index in [0.717, 1.165) is 18.8 Å². The SMILES string of the molecule is CC1CCC(C(O)C2CCS(=O)(=O)C2)CC1C. The van der Waals surface area contributed by atoms with Crippen molar-refractivity contribution in [2.24, 2.45) is 23.7 Å². The van der Waals surface area contributed by atoms with Crippen LogP contribution in [0.4, 0.5) is 0 Å². The Hall–Kier alpha value is -0.0900. The number of hydrogen-bond acceptors (Lipinski definition) is 3. The predicted molar refractivity (Wildman–Crippen MR) is 68.4 cm³/mol. The van der Waals surface area contributed by atoms with Crippen LogP contribution >= 0.6 is 0 Å². The Kier molecular flexibility index (Phi) is 3.83. The molecule has 2 fully saturated rings. The standard InChI is InChI=1S/C13H24O3S/c1-9-3-4-11(7-10(9)2)13(14)12-5-6-17(15,16)8-12/h9-14H,3-8H2,1-2H3. The predicted octanol–water partition coefficient (Wildman–Crippen LogP) is 1.85. The monoisotopic (exact) mass is 260 g/mol. The van der Waals surface area contributed by atoms with Crippen molar-refractivity contribution in [1.29, 1.82) is 0 Å². The van der Waals surface area contributed by atoms with Gasteiger partial charge in [0.2, 0.25) is 0 Å². The van der Waals surface area contributed by atoms with Gasteiger partial charge >= 0.3 is 0 Å². The quantitative estimate of drug-likeness (QED) is 0.824. The van der Waals surface area contributed by atoms with Crippen LogP contribution in [0, 0.1) is 23.7 Å². The largest absolute Gasteiger partial charge is 0.393 e. The van der Waals surface area contributed by atoms with Crippen molar-refractivity contribution in [3.63, 3.8) is 0 Å². The van der Waals surface area contributed by atoms with Crippen molar-refractivity contribution in [2.75, 3.05) is 11.5 Å². The molecule has 100 valence electrons. The average Bonchev–Trinajstić information content (AvgIpc) is 2.62. The molecule has 0 aromatic rings. The molecule has 1 aliphatic heterocycles. The van der Waals surface area contributed by atoms with Crippen LogP contribution in [-0.2, 0) is 9.84 Å². The minimum atomic E-state index is -2.86. The molecule has 1 heterocycles. The summed E-state index contributed by atoms with van der Waals surface area (Å²) in [5, 5.41) is 10.3. The summed E-state index contributed by atoms with van der Waals surface area (Å²) >= 11 is 0. The maximum absolute atomic E-state index is 11.4. The van der Waals surface area contributed by atoms with E-state index < -0.39 is 15.9 Å². The molecular formula is C13H24O3S. The van der Waals surface area contributed by atoms with Crippen LogP contribution in [0.3, 0.4) is 0 Å². The minimum absolute atomic E-state index is 0.00870. The highest BCUT2D eigenvalue weighted by Gasteiger charge is 2.38. The van der Waals surface area contributed by atoms with Crippen LogP contribution in [0.25, 0.3) is 0 Å². The Morgan fingerprint density at radius 1 is 1.06 bits per heavy atom. The maximum atomic E-state index is 11.4. The lowest BCUT2D eigenvalue weighted by atomic mass is 9.72. The smallest absolute Gasteiger partial charge is 0.150 e. The van der Waals surface area contributed by atoms with Crippen LogP contribution in [0.15, 0.2) is 0 Å². The summed E-state index contributed by atoms with van der Waals surface area (Å²) in [6.07, 6.45) is 3.54. The Labute approximate surface area is 105 Å². The summed E-state index contributed by atoms with van der Waals surface area (Å²) in [5.74, 6) is 2.18. The van der Waals surface area contributed by atoms with E-state index in [1.807, 2.05) is 0 Å². The molecule has 1 saturated carbocycles. The first kappa shape index (κ1) is 13.3. The van der Waals surface area contributed by atoms with Crippen LogP contribution in [-0.4, -0.2) is 31.1 Å². The van der Waals surface area contributed by atoms with Crippen LogP contribution in [0.2, 0.25) is 0 Å². The Morgan fingerprint density at radius 2 is 1.76 bits per heavy atom. The molecule has 3 nitrogen and oxygen atoms in total. The van der Waals surface area contributed by atoms with E-state index in [4.69, 9.17) is 0 Å². The van der Waals surface area contributed by atoms with Crippen LogP contribution < -0.4 is 0 Å². The summed E-state index contributed by atoms with van der Waals surface area (Å²) in [7, 11) is -2.86. The highest BCUT2D eigenvalue weighted by Crippen LogP contribution is 2.38. The lowest BCUT2D eigenvalue weighted by Gasteiger charge is -2.36. The molecule has 0 spiro atoms. The molecule has 17 heavy (non-hydrogen) atoms. The molecule has 4 heteroatoms.